The molecule has 0 saturated heterocycles. The van der Waals surface area contributed by atoms with Crippen molar-refractivity contribution in [3.8, 4) is 6.07 Å². The van der Waals surface area contributed by atoms with E-state index in [1.165, 1.54) is 109 Å². The van der Waals surface area contributed by atoms with Crippen molar-refractivity contribution in [3.63, 3.8) is 0 Å². The summed E-state index contributed by atoms with van der Waals surface area (Å²) >= 11 is 0. The summed E-state index contributed by atoms with van der Waals surface area (Å²) in [5.41, 5.74) is 0.0418. The topological polar surface area (TPSA) is 23.8 Å². The molecule has 0 aromatic carbocycles. The Bertz CT molecular complexity index is 465. The molecule has 0 aliphatic heterocycles. The van der Waals surface area contributed by atoms with Crippen molar-refractivity contribution < 1.29 is 0 Å². The molecule has 0 radical (unpaired) electrons. The lowest BCUT2D eigenvalue weighted by Gasteiger charge is -2.43. The average molecular weight is 386 g/mol. The van der Waals surface area contributed by atoms with Gasteiger partial charge in [0.2, 0.25) is 0 Å². The number of hydrogen-bond acceptors (Lipinski definition) is 1. The summed E-state index contributed by atoms with van der Waals surface area (Å²) in [6.07, 6.45) is 25.2. The summed E-state index contributed by atoms with van der Waals surface area (Å²) in [7, 11) is 0. The molecule has 0 amide bonds. The lowest BCUT2D eigenvalue weighted by molar-refractivity contribution is 0.0899. The van der Waals surface area contributed by atoms with Crippen LogP contribution in [0.3, 0.4) is 0 Å². The zero-order valence-corrected chi connectivity index (χ0v) is 19.1. The van der Waals surface area contributed by atoms with Gasteiger partial charge in [-0.2, -0.15) is 5.26 Å². The van der Waals surface area contributed by atoms with E-state index < -0.39 is 0 Å². The van der Waals surface area contributed by atoms with E-state index in [4.69, 9.17) is 0 Å². The van der Waals surface area contributed by atoms with Gasteiger partial charge < -0.3 is 0 Å². The van der Waals surface area contributed by atoms with Gasteiger partial charge in [0.25, 0.3) is 0 Å². The van der Waals surface area contributed by atoms with Gasteiger partial charge in [-0.1, -0.05) is 58.8 Å². The predicted octanol–water partition coefficient (Wildman–Crippen LogP) is 8.68. The van der Waals surface area contributed by atoms with Crippen molar-refractivity contribution in [1.29, 1.82) is 5.26 Å². The largest absolute Gasteiger partial charge is 0.198 e. The van der Waals surface area contributed by atoms with E-state index in [-0.39, 0.29) is 5.41 Å². The Kier molecular flexibility index (Phi) is 8.74. The summed E-state index contributed by atoms with van der Waals surface area (Å²) in [6.45, 7) is 4.59. The third kappa shape index (κ3) is 5.77. The molecule has 0 N–H and O–H groups in total. The lowest BCUT2D eigenvalue weighted by Crippen LogP contribution is -2.32. The van der Waals surface area contributed by atoms with Gasteiger partial charge in [0.05, 0.1) is 11.5 Å². The molecule has 1 heteroatoms. The Labute approximate surface area is 176 Å². The molecule has 0 atom stereocenters. The second-order valence-electron chi connectivity index (χ2n) is 10.9. The van der Waals surface area contributed by atoms with Crippen molar-refractivity contribution in [3.05, 3.63) is 0 Å². The van der Waals surface area contributed by atoms with Gasteiger partial charge in [0, 0.05) is 0 Å². The Morgan fingerprint density at radius 3 is 1.61 bits per heavy atom. The summed E-state index contributed by atoms with van der Waals surface area (Å²) in [5.74, 6) is 5.09. The zero-order valence-electron chi connectivity index (χ0n) is 19.1. The monoisotopic (exact) mass is 385 g/mol. The molecule has 3 fully saturated rings. The minimum absolute atomic E-state index is 0.0418. The molecule has 3 aliphatic rings. The second kappa shape index (κ2) is 11.0. The first-order chi connectivity index (χ1) is 13.7. The minimum Gasteiger partial charge on any atom is -0.198 e. The summed E-state index contributed by atoms with van der Waals surface area (Å²) < 4.78 is 0. The summed E-state index contributed by atoms with van der Waals surface area (Å²) in [6, 6.07) is 2.74. The maximum absolute atomic E-state index is 9.76. The Morgan fingerprint density at radius 2 is 1.14 bits per heavy atom. The molecule has 0 spiro atoms. The van der Waals surface area contributed by atoms with E-state index in [2.05, 4.69) is 19.9 Å². The van der Waals surface area contributed by atoms with Gasteiger partial charge in [-0.05, 0) is 100 Å². The highest BCUT2D eigenvalue weighted by Crippen LogP contribution is 2.49. The van der Waals surface area contributed by atoms with Crippen molar-refractivity contribution in [2.75, 3.05) is 0 Å². The molecular weight excluding hydrogens is 338 g/mol. The van der Waals surface area contributed by atoms with Crippen LogP contribution in [0.25, 0.3) is 0 Å². The molecule has 3 saturated carbocycles. The van der Waals surface area contributed by atoms with E-state index in [1.54, 1.807) is 0 Å². The standard InChI is InChI=1S/C27H47N/c1-3-5-7-22-8-10-23(11-9-22)24-12-14-25(15-13-24)26-16-19-27(21-28,20-17-26)18-6-4-2/h22-26H,3-20H2,1-2H3. The van der Waals surface area contributed by atoms with Gasteiger partial charge in [0.15, 0.2) is 0 Å². The van der Waals surface area contributed by atoms with Crippen LogP contribution in [0.15, 0.2) is 0 Å². The van der Waals surface area contributed by atoms with Crippen LogP contribution >= 0.6 is 0 Å². The summed E-state index contributed by atoms with van der Waals surface area (Å²) in [4.78, 5) is 0. The first-order valence-electron chi connectivity index (χ1n) is 13.1. The van der Waals surface area contributed by atoms with Crippen molar-refractivity contribution in [2.24, 2.45) is 35.0 Å². The van der Waals surface area contributed by atoms with Crippen LogP contribution in [0.2, 0.25) is 0 Å². The van der Waals surface area contributed by atoms with Crippen LogP contribution in [-0.4, -0.2) is 0 Å². The molecule has 1 nitrogen and oxygen atoms in total. The van der Waals surface area contributed by atoms with Crippen LogP contribution in [-0.2, 0) is 0 Å². The smallest absolute Gasteiger partial charge is 0.0689 e. The van der Waals surface area contributed by atoms with Crippen molar-refractivity contribution in [1.82, 2.24) is 0 Å². The zero-order chi connectivity index (χ0) is 19.8. The maximum atomic E-state index is 9.76. The first kappa shape index (κ1) is 22.2. The van der Waals surface area contributed by atoms with E-state index in [9.17, 15) is 5.26 Å². The van der Waals surface area contributed by atoms with Crippen molar-refractivity contribution in [2.45, 2.75) is 129 Å². The lowest BCUT2D eigenvalue weighted by atomic mass is 9.62. The van der Waals surface area contributed by atoms with Crippen LogP contribution < -0.4 is 0 Å². The molecule has 0 unspecified atom stereocenters. The Hall–Kier alpha value is -0.510. The van der Waals surface area contributed by atoms with Gasteiger partial charge in [-0.25, -0.2) is 0 Å². The molecule has 0 bridgehead atoms. The highest BCUT2D eigenvalue weighted by atomic mass is 14.5. The number of rotatable bonds is 8. The first-order valence-corrected chi connectivity index (χ1v) is 13.1. The van der Waals surface area contributed by atoms with E-state index in [1.807, 2.05) is 0 Å². The van der Waals surface area contributed by atoms with Crippen LogP contribution in [0.5, 0.6) is 0 Å². The molecule has 3 aliphatic carbocycles. The quantitative estimate of drug-likeness (QED) is 0.410. The Morgan fingerprint density at radius 1 is 0.679 bits per heavy atom. The number of nitriles is 1. The van der Waals surface area contributed by atoms with Crippen molar-refractivity contribution >= 4 is 0 Å². The van der Waals surface area contributed by atoms with Gasteiger partial charge in [-0.3, -0.25) is 0 Å². The predicted molar refractivity (Wildman–Crippen MR) is 120 cm³/mol. The molecule has 0 aromatic rings. The second-order valence-corrected chi connectivity index (χ2v) is 10.9. The van der Waals surface area contributed by atoms with Crippen LogP contribution in [0.1, 0.15) is 129 Å². The molecular formula is C27H47N. The van der Waals surface area contributed by atoms with E-state index in [0.29, 0.717) is 0 Å². The van der Waals surface area contributed by atoms with Gasteiger partial charge in [-0.15, -0.1) is 0 Å². The van der Waals surface area contributed by atoms with Crippen LogP contribution in [0.4, 0.5) is 0 Å². The molecule has 0 heterocycles. The summed E-state index contributed by atoms with van der Waals surface area (Å²) in [5, 5.41) is 9.76. The molecule has 28 heavy (non-hydrogen) atoms. The fraction of sp³-hybridized carbons (Fsp3) is 0.963. The fourth-order valence-electron chi connectivity index (χ4n) is 7.13. The third-order valence-electron chi connectivity index (χ3n) is 9.24. The Balaban J connectivity index is 1.38. The average Bonchev–Trinajstić information content (AvgIpc) is 2.77. The molecule has 3 rings (SSSR count). The number of nitrogens with zero attached hydrogens (tertiary/aromatic N) is 1. The minimum atomic E-state index is 0.0418. The van der Waals surface area contributed by atoms with Gasteiger partial charge in [0.1, 0.15) is 0 Å². The van der Waals surface area contributed by atoms with E-state index >= 15 is 0 Å². The van der Waals surface area contributed by atoms with E-state index in [0.717, 1.165) is 36.0 Å². The number of hydrogen-bond donors (Lipinski definition) is 0. The fourth-order valence-corrected chi connectivity index (χ4v) is 7.13. The highest BCUT2D eigenvalue weighted by Gasteiger charge is 2.39. The maximum Gasteiger partial charge on any atom is 0.0689 e. The normalized spacial score (nSPS) is 39.4. The highest BCUT2D eigenvalue weighted by molar-refractivity contribution is 5.02. The molecule has 160 valence electrons. The van der Waals surface area contributed by atoms with Gasteiger partial charge >= 0.3 is 0 Å². The third-order valence-corrected chi connectivity index (χ3v) is 9.24. The molecule has 0 aromatic heterocycles. The number of unbranched alkanes of at least 4 members (excludes halogenated alkanes) is 2. The van der Waals surface area contributed by atoms with Crippen LogP contribution in [0, 0.1) is 46.3 Å². The SMILES string of the molecule is CCCCC1CCC(C2CCC(C3CCC(C#N)(CCCC)CC3)CC2)CC1.